The molecular formula is C32H30N4O2S2. The van der Waals surface area contributed by atoms with Gasteiger partial charge < -0.3 is 4.90 Å². The molecule has 0 radical (unpaired) electrons. The maximum Gasteiger partial charge on any atom is 0.267 e. The number of pyridine rings is 1. The average Bonchev–Trinajstić information content (AvgIpc) is 3.27. The van der Waals surface area contributed by atoms with Gasteiger partial charge in [0.1, 0.15) is 15.8 Å². The molecule has 2 aromatic carbocycles. The molecule has 202 valence electrons. The van der Waals surface area contributed by atoms with Gasteiger partial charge in [-0.2, -0.15) is 0 Å². The zero-order valence-corrected chi connectivity index (χ0v) is 23.9. The lowest BCUT2D eigenvalue weighted by Crippen LogP contribution is -2.37. The Morgan fingerprint density at radius 1 is 0.975 bits per heavy atom. The number of rotatable bonds is 6. The number of fused-ring (bicyclic) bond motifs is 1. The minimum Gasteiger partial charge on any atom is -0.356 e. The highest BCUT2D eigenvalue weighted by Crippen LogP contribution is 2.38. The number of aromatic nitrogens is 2. The number of nitrogens with zero attached hydrogens (tertiary/aromatic N) is 4. The predicted molar refractivity (Wildman–Crippen MR) is 166 cm³/mol. The van der Waals surface area contributed by atoms with Crippen LogP contribution in [0.5, 0.6) is 0 Å². The third-order valence-electron chi connectivity index (χ3n) is 7.80. The van der Waals surface area contributed by atoms with Gasteiger partial charge in [0.15, 0.2) is 0 Å². The number of thioether (sulfide) groups is 1. The third kappa shape index (κ3) is 5.21. The van der Waals surface area contributed by atoms with Gasteiger partial charge in [0, 0.05) is 19.3 Å². The van der Waals surface area contributed by atoms with Crippen LogP contribution >= 0.6 is 24.0 Å². The topological polar surface area (TPSA) is 57.9 Å². The fourth-order valence-electron chi connectivity index (χ4n) is 5.58. The minimum atomic E-state index is -0.210. The molecule has 4 aromatic rings. The predicted octanol–water partition coefficient (Wildman–Crippen LogP) is 6.12. The maximum absolute atomic E-state index is 13.8. The quantitative estimate of drug-likeness (QED) is 0.207. The van der Waals surface area contributed by atoms with E-state index >= 15 is 0 Å². The number of carbonyl (C=O) groups excluding carboxylic acids is 1. The van der Waals surface area contributed by atoms with E-state index in [1.165, 1.54) is 17.3 Å². The Balaban J connectivity index is 1.32. The smallest absolute Gasteiger partial charge is 0.267 e. The maximum atomic E-state index is 13.8. The lowest BCUT2D eigenvalue weighted by Gasteiger charge is -2.33. The summed E-state index contributed by atoms with van der Waals surface area (Å²) >= 11 is 6.88. The lowest BCUT2D eigenvalue weighted by atomic mass is 9.90. The van der Waals surface area contributed by atoms with Crippen LogP contribution in [0.2, 0.25) is 0 Å². The zero-order chi connectivity index (χ0) is 27.6. The number of hydrogen-bond acceptors (Lipinski definition) is 6. The fraction of sp³-hybridized carbons (Fsp3) is 0.250. The number of piperidine rings is 1. The molecule has 0 unspecified atom stereocenters. The number of anilines is 1. The van der Waals surface area contributed by atoms with Gasteiger partial charge in [-0.3, -0.25) is 18.9 Å². The summed E-state index contributed by atoms with van der Waals surface area (Å²) in [4.78, 5) is 36.6. The van der Waals surface area contributed by atoms with Crippen molar-refractivity contribution in [3.05, 3.63) is 117 Å². The van der Waals surface area contributed by atoms with Gasteiger partial charge in [-0.25, -0.2) is 4.98 Å². The highest BCUT2D eigenvalue weighted by Gasteiger charge is 2.36. The van der Waals surface area contributed by atoms with Crippen molar-refractivity contribution in [2.24, 2.45) is 5.92 Å². The molecule has 6 nitrogen and oxygen atoms in total. The molecule has 2 aliphatic rings. The van der Waals surface area contributed by atoms with Gasteiger partial charge in [0.25, 0.3) is 11.5 Å². The van der Waals surface area contributed by atoms with Crippen LogP contribution < -0.4 is 10.5 Å². The first-order valence-corrected chi connectivity index (χ1v) is 14.8. The zero-order valence-electron chi connectivity index (χ0n) is 22.3. The van der Waals surface area contributed by atoms with Crippen LogP contribution in [0.4, 0.5) is 5.82 Å². The van der Waals surface area contributed by atoms with Crippen molar-refractivity contribution < 1.29 is 4.79 Å². The second kappa shape index (κ2) is 11.4. The molecule has 1 amide bonds. The van der Waals surface area contributed by atoms with Gasteiger partial charge >= 0.3 is 0 Å². The van der Waals surface area contributed by atoms with Crippen LogP contribution in [0.25, 0.3) is 11.7 Å². The highest BCUT2D eigenvalue weighted by molar-refractivity contribution is 8.26. The Morgan fingerprint density at radius 3 is 2.38 bits per heavy atom. The molecule has 2 aliphatic heterocycles. The minimum absolute atomic E-state index is 0.184. The number of amides is 1. The molecule has 0 bridgehead atoms. The molecular weight excluding hydrogens is 537 g/mol. The molecule has 4 heterocycles. The van der Waals surface area contributed by atoms with Crippen molar-refractivity contribution in [1.29, 1.82) is 0 Å². The Bertz CT molecular complexity index is 1640. The summed E-state index contributed by atoms with van der Waals surface area (Å²) in [5.74, 6) is 1.03. The van der Waals surface area contributed by atoms with Gasteiger partial charge in [0.05, 0.1) is 16.5 Å². The van der Waals surface area contributed by atoms with Crippen molar-refractivity contribution in [2.45, 2.75) is 32.2 Å². The van der Waals surface area contributed by atoms with Gasteiger partial charge in [-0.1, -0.05) is 90.7 Å². The molecule has 6 rings (SSSR count). The molecule has 40 heavy (non-hydrogen) atoms. The first-order chi connectivity index (χ1) is 19.5. The van der Waals surface area contributed by atoms with Crippen LogP contribution in [0.3, 0.4) is 0 Å². The molecule has 2 saturated heterocycles. The monoisotopic (exact) mass is 566 g/mol. The van der Waals surface area contributed by atoms with Crippen molar-refractivity contribution in [3.8, 4) is 0 Å². The van der Waals surface area contributed by atoms with E-state index in [9.17, 15) is 9.59 Å². The van der Waals surface area contributed by atoms with Crippen LogP contribution in [0, 0.1) is 5.92 Å². The normalized spacial score (nSPS) is 18.2. The Hall–Kier alpha value is -3.75. The van der Waals surface area contributed by atoms with E-state index < -0.39 is 0 Å². The second-order valence-corrected chi connectivity index (χ2v) is 12.0. The first-order valence-electron chi connectivity index (χ1n) is 13.6. The Morgan fingerprint density at radius 2 is 1.65 bits per heavy atom. The molecule has 8 heteroatoms. The summed E-state index contributed by atoms with van der Waals surface area (Å²) in [5, 5.41) is 0. The molecule has 0 spiro atoms. The summed E-state index contributed by atoms with van der Waals surface area (Å²) < 4.78 is 2.04. The van der Waals surface area contributed by atoms with E-state index in [1.54, 1.807) is 21.6 Å². The number of carbonyl (C=O) groups is 1. The number of hydrogen-bond donors (Lipinski definition) is 0. The third-order valence-corrected chi connectivity index (χ3v) is 9.13. The molecule has 1 atom stereocenters. The fourth-order valence-corrected chi connectivity index (χ4v) is 6.98. The van der Waals surface area contributed by atoms with Crippen LogP contribution in [-0.4, -0.2) is 37.6 Å². The van der Waals surface area contributed by atoms with E-state index in [2.05, 4.69) is 29.2 Å². The first kappa shape index (κ1) is 26.5. The van der Waals surface area contributed by atoms with E-state index in [1.807, 2.05) is 61.5 Å². The molecule has 0 aliphatic carbocycles. The van der Waals surface area contributed by atoms with Crippen molar-refractivity contribution in [3.63, 3.8) is 0 Å². The lowest BCUT2D eigenvalue weighted by molar-refractivity contribution is -0.123. The van der Waals surface area contributed by atoms with E-state index in [0.717, 1.165) is 37.9 Å². The highest BCUT2D eigenvalue weighted by atomic mass is 32.2. The average molecular weight is 567 g/mol. The molecule has 2 fully saturated rings. The SMILES string of the molecule is C[C@H](c1ccccc1)N1C(=O)/C(=C/c2c(N3CCC(Cc4ccccc4)CC3)nc3ccccn3c2=O)SC1=S. The Labute approximate surface area is 243 Å². The molecule has 0 N–H and O–H groups in total. The summed E-state index contributed by atoms with van der Waals surface area (Å²) in [6, 6.07) is 25.8. The van der Waals surface area contributed by atoms with E-state index in [0.29, 0.717) is 32.2 Å². The van der Waals surface area contributed by atoms with Crippen LogP contribution in [0.1, 0.15) is 42.5 Å². The van der Waals surface area contributed by atoms with E-state index in [4.69, 9.17) is 17.2 Å². The number of benzene rings is 2. The molecule has 0 saturated carbocycles. The summed E-state index contributed by atoms with van der Waals surface area (Å²) in [7, 11) is 0. The van der Waals surface area contributed by atoms with Crippen LogP contribution in [-0.2, 0) is 11.2 Å². The molecule has 2 aromatic heterocycles. The largest absolute Gasteiger partial charge is 0.356 e. The Kier molecular flexibility index (Phi) is 7.54. The second-order valence-electron chi connectivity index (χ2n) is 10.3. The summed E-state index contributed by atoms with van der Waals surface area (Å²) in [6.07, 6.45) is 6.51. The van der Waals surface area contributed by atoms with Gasteiger partial charge in [-0.15, -0.1) is 0 Å². The van der Waals surface area contributed by atoms with Gasteiger partial charge in [0.2, 0.25) is 0 Å². The standard InChI is InChI=1S/C32H30N4O2S2/c1-22(25-12-6-3-7-13-25)36-31(38)27(40-32(36)39)21-26-29(33-28-14-8-9-17-35(28)30(26)37)34-18-15-24(16-19-34)20-23-10-4-2-5-11-23/h2-14,17,21-22,24H,15-16,18-20H2,1H3/b27-21-/t22-/m1/s1. The van der Waals surface area contributed by atoms with Crippen molar-refractivity contribution in [1.82, 2.24) is 14.3 Å². The summed E-state index contributed by atoms with van der Waals surface area (Å²) in [6.45, 7) is 3.58. The summed E-state index contributed by atoms with van der Waals surface area (Å²) in [5.41, 5.74) is 3.20. The van der Waals surface area contributed by atoms with Crippen molar-refractivity contribution >= 4 is 51.7 Å². The number of thiocarbonyl (C=S) groups is 1. The van der Waals surface area contributed by atoms with Crippen LogP contribution in [0.15, 0.2) is 94.8 Å². The van der Waals surface area contributed by atoms with Crippen molar-refractivity contribution in [2.75, 3.05) is 18.0 Å². The van der Waals surface area contributed by atoms with E-state index in [-0.39, 0.29) is 17.5 Å². The van der Waals surface area contributed by atoms with Gasteiger partial charge in [-0.05, 0) is 61.4 Å².